The van der Waals surface area contributed by atoms with Crippen LogP contribution >= 0.6 is 0 Å². The summed E-state index contributed by atoms with van der Waals surface area (Å²) in [7, 11) is 0. The molecule has 1 amide bonds. The molecule has 24 heavy (non-hydrogen) atoms. The van der Waals surface area contributed by atoms with Gasteiger partial charge in [0.2, 0.25) is 0 Å². The zero-order valence-electron chi connectivity index (χ0n) is 12.4. The fourth-order valence-corrected chi connectivity index (χ4v) is 1.97. The highest BCUT2D eigenvalue weighted by molar-refractivity contribution is 5.93. The van der Waals surface area contributed by atoms with E-state index in [2.05, 4.69) is 15.6 Å². The number of nitriles is 1. The van der Waals surface area contributed by atoms with E-state index >= 15 is 0 Å². The summed E-state index contributed by atoms with van der Waals surface area (Å²) in [5.74, 6) is -0.319. The summed E-state index contributed by atoms with van der Waals surface area (Å²) >= 11 is 0. The van der Waals surface area contributed by atoms with Crippen molar-refractivity contribution in [1.82, 2.24) is 10.3 Å². The van der Waals surface area contributed by atoms with Crippen molar-refractivity contribution in [3.05, 3.63) is 59.4 Å². The number of nitrogens with one attached hydrogen (secondary N) is 2. The summed E-state index contributed by atoms with van der Waals surface area (Å²) in [6.07, 6.45) is -1.64. The van der Waals surface area contributed by atoms with E-state index in [9.17, 15) is 18.0 Å². The number of hydrogen-bond acceptors (Lipinski definition) is 4. The van der Waals surface area contributed by atoms with E-state index in [1.54, 1.807) is 18.3 Å². The Morgan fingerprint density at radius 3 is 2.67 bits per heavy atom. The van der Waals surface area contributed by atoms with Crippen molar-refractivity contribution < 1.29 is 18.0 Å². The van der Waals surface area contributed by atoms with Gasteiger partial charge in [0.1, 0.15) is 0 Å². The standard InChI is InChI=1S/C16H13F3N4O/c17-16(18,19)14-8-13(4-3-11(14)9-20)22-6-7-23-15(24)12-2-1-5-21-10-12/h1-5,8,10,22H,6-7H2,(H,23,24). The predicted octanol–water partition coefficient (Wildman–Crippen LogP) is 2.81. The number of pyridine rings is 1. The first-order chi connectivity index (χ1) is 11.4. The maximum Gasteiger partial charge on any atom is 0.417 e. The molecule has 0 aliphatic heterocycles. The van der Waals surface area contributed by atoms with Gasteiger partial charge in [-0.3, -0.25) is 9.78 Å². The summed E-state index contributed by atoms with van der Waals surface area (Å²) in [5, 5.41) is 14.1. The summed E-state index contributed by atoms with van der Waals surface area (Å²) in [6, 6.07) is 8.12. The van der Waals surface area contributed by atoms with E-state index in [1.165, 1.54) is 18.3 Å². The van der Waals surface area contributed by atoms with Crippen LogP contribution in [0.15, 0.2) is 42.7 Å². The minimum atomic E-state index is -4.60. The Hall–Kier alpha value is -3.08. The first-order valence-electron chi connectivity index (χ1n) is 6.95. The lowest BCUT2D eigenvalue weighted by atomic mass is 10.1. The van der Waals surface area contributed by atoms with Crippen LogP contribution in [0.3, 0.4) is 0 Å². The van der Waals surface area contributed by atoms with Crippen molar-refractivity contribution >= 4 is 11.6 Å². The second-order valence-corrected chi connectivity index (χ2v) is 4.79. The van der Waals surface area contributed by atoms with Crippen LogP contribution in [0.1, 0.15) is 21.5 Å². The van der Waals surface area contributed by atoms with E-state index in [1.807, 2.05) is 0 Å². The topological polar surface area (TPSA) is 77.8 Å². The molecule has 124 valence electrons. The Bertz CT molecular complexity index is 754. The van der Waals surface area contributed by atoms with Crippen molar-refractivity contribution in [3.8, 4) is 6.07 Å². The SMILES string of the molecule is N#Cc1ccc(NCCNC(=O)c2cccnc2)cc1C(F)(F)F. The number of nitrogens with zero attached hydrogens (tertiary/aromatic N) is 2. The third-order valence-corrected chi connectivity index (χ3v) is 3.11. The number of rotatable bonds is 5. The number of carbonyl (C=O) groups excluding carboxylic acids is 1. The van der Waals surface area contributed by atoms with Gasteiger partial charge in [0.05, 0.1) is 22.8 Å². The van der Waals surface area contributed by atoms with Gasteiger partial charge in [0, 0.05) is 31.2 Å². The van der Waals surface area contributed by atoms with E-state index in [0.717, 1.165) is 12.1 Å². The van der Waals surface area contributed by atoms with Gasteiger partial charge in [-0.15, -0.1) is 0 Å². The average Bonchev–Trinajstić information content (AvgIpc) is 2.58. The molecule has 0 unspecified atom stereocenters. The molecule has 2 N–H and O–H groups in total. The van der Waals surface area contributed by atoms with Crippen molar-refractivity contribution in [2.24, 2.45) is 0 Å². The molecule has 1 aromatic carbocycles. The summed E-state index contributed by atoms with van der Waals surface area (Å²) in [5.41, 5.74) is -0.806. The molecule has 8 heteroatoms. The minimum absolute atomic E-state index is 0.217. The van der Waals surface area contributed by atoms with E-state index in [0.29, 0.717) is 5.56 Å². The smallest absolute Gasteiger partial charge is 0.383 e. The maximum atomic E-state index is 12.9. The van der Waals surface area contributed by atoms with Crippen LogP contribution in [0.2, 0.25) is 0 Å². The van der Waals surface area contributed by atoms with Crippen molar-refractivity contribution in [3.63, 3.8) is 0 Å². The van der Waals surface area contributed by atoms with Crippen LogP contribution in [-0.4, -0.2) is 24.0 Å². The Morgan fingerprint density at radius 2 is 2.04 bits per heavy atom. The van der Waals surface area contributed by atoms with E-state index < -0.39 is 17.3 Å². The molecule has 0 aliphatic rings. The monoisotopic (exact) mass is 334 g/mol. The minimum Gasteiger partial charge on any atom is -0.383 e. The zero-order valence-corrected chi connectivity index (χ0v) is 12.4. The third-order valence-electron chi connectivity index (χ3n) is 3.11. The number of aromatic nitrogens is 1. The molecule has 2 rings (SSSR count). The number of carbonyl (C=O) groups is 1. The van der Waals surface area contributed by atoms with Gasteiger partial charge < -0.3 is 10.6 Å². The van der Waals surface area contributed by atoms with Gasteiger partial charge >= 0.3 is 6.18 Å². The zero-order chi connectivity index (χ0) is 17.6. The van der Waals surface area contributed by atoms with Gasteiger partial charge in [-0.05, 0) is 30.3 Å². The van der Waals surface area contributed by atoms with Crippen molar-refractivity contribution in [2.75, 3.05) is 18.4 Å². The molecule has 0 fully saturated rings. The lowest BCUT2D eigenvalue weighted by Gasteiger charge is -2.12. The normalized spacial score (nSPS) is 10.8. The second-order valence-electron chi connectivity index (χ2n) is 4.79. The highest BCUT2D eigenvalue weighted by Gasteiger charge is 2.33. The van der Waals surface area contributed by atoms with Crippen LogP contribution < -0.4 is 10.6 Å². The molecule has 0 spiro atoms. The largest absolute Gasteiger partial charge is 0.417 e. The summed E-state index contributed by atoms with van der Waals surface area (Å²) < 4.78 is 38.6. The third kappa shape index (κ3) is 4.46. The van der Waals surface area contributed by atoms with Crippen molar-refractivity contribution in [2.45, 2.75) is 6.18 Å². The number of halogens is 3. The first-order valence-corrected chi connectivity index (χ1v) is 6.95. The fourth-order valence-electron chi connectivity index (χ4n) is 1.97. The quantitative estimate of drug-likeness (QED) is 0.824. The van der Waals surface area contributed by atoms with Crippen LogP contribution in [0.25, 0.3) is 0 Å². The number of amides is 1. The summed E-state index contributed by atoms with van der Waals surface area (Å²) in [6.45, 7) is 0.449. The maximum absolute atomic E-state index is 12.9. The molecule has 0 atom stereocenters. The molecule has 1 heterocycles. The van der Waals surface area contributed by atoms with Gasteiger partial charge in [-0.1, -0.05) is 0 Å². The number of alkyl halides is 3. The summed E-state index contributed by atoms with van der Waals surface area (Å²) in [4.78, 5) is 15.6. The Balaban J connectivity index is 1.91. The Morgan fingerprint density at radius 1 is 1.25 bits per heavy atom. The van der Waals surface area contributed by atoms with Crippen LogP contribution in [-0.2, 0) is 6.18 Å². The van der Waals surface area contributed by atoms with E-state index in [4.69, 9.17) is 5.26 Å². The Labute approximate surface area is 136 Å². The predicted molar refractivity (Wildman–Crippen MR) is 81.2 cm³/mol. The van der Waals surface area contributed by atoms with Crippen LogP contribution in [0.4, 0.5) is 18.9 Å². The molecule has 0 radical (unpaired) electrons. The first kappa shape index (κ1) is 17.3. The lowest BCUT2D eigenvalue weighted by molar-refractivity contribution is -0.137. The number of anilines is 1. The molecule has 0 aliphatic carbocycles. The van der Waals surface area contributed by atoms with Crippen LogP contribution in [0.5, 0.6) is 0 Å². The fraction of sp³-hybridized carbons (Fsp3) is 0.188. The van der Waals surface area contributed by atoms with Gasteiger partial charge in [-0.2, -0.15) is 18.4 Å². The highest BCUT2D eigenvalue weighted by atomic mass is 19.4. The molecular weight excluding hydrogens is 321 g/mol. The molecular formula is C16H13F3N4O. The molecule has 0 saturated heterocycles. The molecule has 5 nitrogen and oxygen atoms in total. The van der Waals surface area contributed by atoms with E-state index in [-0.39, 0.29) is 24.7 Å². The average molecular weight is 334 g/mol. The number of hydrogen-bond donors (Lipinski definition) is 2. The van der Waals surface area contributed by atoms with Crippen LogP contribution in [0, 0.1) is 11.3 Å². The molecule has 0 saturated carbocycles. The highest BCUT2D eigenvalue weighted by Crippen LogP contribution is 2.33. The van der Waals surface area contributed by atoms with Gasteiger partial charge in [0.15, 0.2) is 0 Å². The second kappa shape index (κ2) is 7.46. The van der Waals surface area contributed by atoms with Crippen molar-refractivity contribution in [1.29, 1.82) is 5.26 Å². The molecule has 2 aromatic rings. The molecule has 0 bridgehead atoms. The van der Waals surface area contributed by atoms with Gasteiger partial charge in [0.25, 0.3) is 5.91 Å². The number of benzene rings is 1. The molecule has 1 aromatic heterocycles. The Kier molecular flexibility index (Phi) is 5.37. The lowest BCUT2D eigenvalue weighted by Crippen LogP contribution is -2.28. The van der Waals surface area contributed by atoms with Gasteiger partial charge in [-0.25, -0.2) is 0 Å².